The van der Waals surface area contributed by atoms with Crippen LogP contribution >= 0.6 is 0 Å². The summed E-state index contributed by atoms with van der Waals surface area (Å²) < 4.78 is 4.53. The van der Waals surface area contributed by atoms with E-state index in [1.54, 1.807) is 24.3 Å². The predicted octanol–water partition coefficient (Wildman–Crippen LogP) is 3.30. The average Bonchev–Trinajstić information content (AvgIpc) is 2.58. The number of para-hydroxylation sites is 2. The Morgan fingerprint density at radius 2 is 1.12 bits per heavy atom. The molecule has 0 atom stereocenters. The Labute approximate surface area is 143 Å². The van der Waals surface area contributed by atoms with E-state index in [4.69, 9.17) is 15.8 Å². The highest BCUT2D eigenvalue weighted by Gasteiger charge is 2.09. The molecule has 0 unspecified atom stereocenters. The Hall–Kier alpha value is -2.76. The number of rotatable bonds is 2. The van der Waals surface area contributed by atoms with E-state index in [9.17, 15) is 0 Å². The first-order valence-corrected chi connectivity index (χ1v) is 7.48. The predicted molar refractivity (Wildman–Crippen MR) is 99.3 cm³/mol. The van der Waals surface area contributed by atoms with Crippen molar-refractivity contribution in [3.63, 3.8) is 0 Å². The molecule has 0 aliphatic carbocycles. The van der Waals surface area contributed by atoms with E-state index < -0.39 is 7.32 Å². The molecular weight excluding hydrogens is 301 g/mol. The zero-order valence-corrected chi connectivity index (χ0v) is 13.6. The van der Waals surface area contributed by atoms with E-state index in [1.807, 2.05) is 54.6 Å². The molecule has 24 heavy (non-hydrogen) atoms. The van der Waals surface area contributed by atoms with Crippen LogP contribution in [0.4, 0.5) is 5.69 Å². The van der Waals surface area contributed by atoms with Crippen LogP contribution in [0.3, 0.4) is 0 Å². The molecule has 0 radical (unpaired) electrons. The summed E-state index contributed by atoms with van der Waals surface area (Å²) in [4.78, 5) is 0. The second kappa shape index (κ2) is 11.8. The third-order valence-electron chi connectivity index (χ3n) is 2.72. The van der Waals surface area contributed by atoms with Gasteiger partial charge in [0.1, 0.15) is 5.75 Å². The van der Waals surface area contributed by atoms with Crippen LogP contribution in [-0.4, -0.2) is 17.4 Å². The van der Waals surface area contributed by atoms with Crippen molar-refractivity contribution in [3.05, 3.63) is 96.6 Å². The van der Waals surface area contributed by atoms with Gasteiger partial charge in [0.25, 0.3) is 0 Å². The molecule has 124 valence electrons. The maximum Gasteiger partial charge on any atom is 0.707 e. The highest BCUT2D eigenvalue weighted by atomic mass is 16.6. The lowest BCUT2D eigenvalue weighted by molar-refractivity contribution is 0.288. The fourth-order valence-corrected chi connectivity index (χ4v) is 1.61. The summed E-state index contributed by atoms with van der Waals surface area (Å²) in [6, 6.07) is 28.3. The first kappa shape index (κ1) is 19.3. The molecule has 4 N–H and O–H groups in total. The summed E-state index contributed by atoms with van der Waals surface area (Å²) in [7, 11) is -1.73. The zero-order chi connectivity index (χ0) is 17.6. The SMILES string of the molecule is Cc1ccccc1.Nc1ccccc1.OB(O)Oc1ccccc1. The third kappa shape index (κ3) is 10.1. The molecule has 3 aromatic rings. The molecule has 0 saturated heterocycles. The summed E-state index contributed by atoms with van der Waals surface area (Å²) in [5.74, 6) is 0.442. The average molecular weight is 323 g/mol. The van der Waals surface area contributed by atoms with Crippen molar-refractivity contribution < 1.29 is 14.7 Å². The van der Waals surface area contributed by atoms with Crippen LogP contribution in [0.15, 0.2) is 91.0 Å². The van der Waals surface area contributed by atoms with Crippen molar-refractivity contribution in [3.8, 4) is 5.75 Å². The molecule has 0 saturated carbocycles. The van der Waals surface area contributed by atoms with Gasteiger partial charge < -0.3 is 20.4 Å². The molecule has 0 spiro atoms. The van der Waals surface area contributed by atoms with Crippen LogP contribution in [0.25, 0.3) is 0 Å². The van der Waals surface area contributed by atoms with Crippen molar-refractivity contribution in [1.82, 2.24) is 0 Å². The molecule has 3 rings (SSSR count). The van der Waals surface area contributed by atoms with Crippen molar-refractivity contribution in [2.24, 2.45) is 0 Å². The van der Waals surface area contributed by atoms with Crippen LogP contribution in [0.2, 0.25) is 0 Å². The smallest absolute Gasteiger partial charge is 0.512 e. The molecule has 4 nitrogen and oxygen atoms in total. The second-order valence-corrected chi connectivity index (χ2v) is 4.82. The Balaban J connectivity index is 0.000000185. The largest absolute Gasteiger partial charge is 0.707 e. The maximum absolute atomic E-state index is 8.34. The van der Waals surface area contributed by atoms with Gasteiger partial charge in [-0.25, -0.2) is 0 Å². The van der Waals surface area contributed by atoms with Crippen LogP contribution in [0, 0.1) is 6.92 Å². The monoisotopic (exact) mass is 323 g/mol. The van der Waals surface area contributed by atoms with Crippen LogP contribution in [0.5, 0.6) is 5.75 Å². The lowest BCUT2D eigenvalue weighted by Gasteiger charge is -2.01. The van der Waals surface area contributed by atoms with Crippen molar-refractivity contribution >= 4 is 13.0 Å². The van der Waals surface area contributed by atoms with Gasteiger partial charge in [-0.2, -0.15) is 0 Å². The van der Waals surface area contributed by atoms with Crippen molar-refractivity contribution in [1.29, 1.82) is 0 Å². The lowest BCUT2D eigenvalue weighted by Crippen LogP contribution is -2.20. The second-order valence-electron chi connectivity index (χ2n) is 4.82. The summed E-state index contributed by atoms with van der Waals surface area (Å²) in [6.45, 7) is 2.08. The molecule has 0 amide bonds. The van der Waals surface area contributed by atoms with Gasteiger partial charge in [0.05, 0.1) is 0 Å². The minimum atomic E-state index is -1.73. The topological polar surface area (TPSA) is 75.7 Å². The minimum Gasteiger partial charge on any atom is -0.512 e. The van der Waals surface area contributed by atoms with Gasteiger partial charge in [-0.05, 0) is 31.2 Å². The van der Waals surface area contributed by atoms with E-state index >= 15 is 0 Å². The molecule has 0 heterocycles. The van der Waals surface area contributed by atoms with E-state index in [0.29, 0.717) is 5.75 Å². The normalized spacial score (nSPS) is 8.79. The summed E-state index contributed by atoms with van der Waals surface area (Å²) in [5, 5.41) is 16.7. The van der Waals surface area contributed by atoms with Gasteiger partial charge in [0.15, 0.2) is 0 Å². The molecule has 5 heteroatoms. The molecule has 0 bridgehead atoms. The fraction of sp³-hybridized carbons (Fsp3) is 0.0526. The first-order valence-electron chi connectivity index (χ1n) is 7.48. The molecule has 0 aromatic heterocycles. The lowest BCUT2D eigenvalue weighted by atomic mass is 10.2. The molecule has 0 fully saturated rings. The zero-order valence-electron chi connectivity index (χ0n) is 13.6. The summed E-state index contributed by atoms with van der Waals surface area (Å²) in [5.41, 5.74) is 7.50. The molecule has 0 aliphatic heterocycles. The molecule has 0 aliphatic rings. The number of hydrogen-bond acceptors (Lipinski definition) is 4. The van der Waals surface area contributed by atoms with E-state index in [-0.39, 0.29) is 0 Å². The van der Waals surface area contributed by atoms with Gasteiger partial charge in [0.2, 0.25) is 0 Å². The van der Waals surface area contributed by atoms with E-state index in [0.717, 1.165) is 5.69 Å². The Morgan fingerprint density at radius 3 is 1.42 bits per heavy atom. The number of hydrogen-bond donors (Lipinski definition) is 3. The van der Waals surface area contributed by atoms with E-state index in [1.165, 1.54) is 5.56 Å². The maximum atomic E-state index is 8.34. The number of nitrogen functional groups attached to an aromatic ring is 1. The number of nitrogens with two attached hydrogens (primary N) is 1. The van der Waals surface area contributed by atoms with Crippen LogP contribution < -0.4 is 10.4 Å². The van der Waals surface area contributed by atoms with Gasteiger partial charge in [0, 0.05) is 5.69 Å². The summed E-state index contributed by atoms with van der Waals surface area (Å²) in [6.07, 6.45) is 0. The minimum absolute atomic E-state index is 0.442. The summed E-state index contributed by atoms with van der Waals surface area (Å²) >= 11 is 0. The van der Waals surface area contributed by atoms with Crippen LogP contribution in [0.1, 0.15) is 5.56 Å². The van der Waals surface area contributed by atoms with Crippen molar-refractivity contribution in [2.45, 2.75) is 6.92 Å². The Kier molecular flexibility index (Phi) is 9.46. The number of aryl methyl sites for hydroxylation is 1. The van der Waals surface area contributed by atoms with Gasteiger partial charge in [-0.15, -0.1) is 0 Å². The Bertz CT molecular complexity index is 612. The van der Waals surface area contributed by atoms with Gasteiger partial charge in [-0.3, -0.25) is 0 Å². The number of benzene rings is 3. The molecule has 3 aromatic carbocycles. The number of anilines is 1. The Morgan fingerprint density at radius 1 is 0.708 bits per heavy atom. The van der Waals surface area contributed by atoms with Crippen LogP contribution in [-0.2, 0) is 0 Å². The van der Waals surface area contributed by atoms with Gasteiger partial charge in [-0.1, -0.05) is 72.3 Å². The molecular formula is C19H22BNO3. The van der Waals surface area contributed by atoms with E-state index in [2.05, 4.69) is 23.7 Å². The van der Waals surface area contributed by atoms with Crippen molar-refractivity contribution in [2.75, 3.05) is 5.73 Å². The third-order valence-corrected chi connectivity index (χ3v) is 2.72. The fourth-order valence-electron chi connectivity index (χ4n) is 1.61. The quantitative estimate of drug-likeness (QED) is 0.500. The van der Waals surface area contributed by atoms with Gasteiger partial charge >= 0.3 is 7.32 Å². The highest BCUT2D eigenvalue weighted by Crippen LogP contribution is 2.07. The first-order chi connectivity index (χ1) is 11.6. The standard InChI is InChI=1S/C7H8.C6H7BO3.C6H7N/c1-7-5-3-2-4-6-7;8-7(9)10-6-4-2-1-3-5-6;7-6-4-2-1-3-5-6/h2-6H,1H3;1-5,8-9H;1-5H,7H2. The highest BCUT2D eigenvalue weighted by molar-refractivity contribution is 6.33.